The predicted molar refractivity (Wildman–Crippen MR) is 115 cm³/mol. The van der Waals surface area contributed by atoms with Crippen molar-refractivity contribution in [2.45, 2.75) is 25.6 Å². The molecular weight excluding hydrogens is 384 g/mol. The number of fused-ring (bicyclic) bond motifs is 3. The minimum atomic E-state index is -0.327. The van der Waals surface area contributed by atoms with Crippen molar-refractivity contribution in [3.8, 4) is 11.5 Å². The van der Waals surface area contributed by atoms with Crippen molar-refractivity contribution in [2.75, 3.05) is 7.11 Å². The average Bonchev–Trinajstić information content (AvgIpc) is 3.19. The molecule has 0 aliphatic carbocycles. The smallest absolute Gasteiger partial charge is 0.214 e. The second-order valence-electron chi connectivity index (χ2n) is 7.44. The van der Waals surface area contributed by atoms with Gasteiger partial charge in [0, 0.05) is 22.6 Å². The topological polar surface area (TPSA) is 34.1 Å². The van der Waals surface area contributed by atoms with Crippen molar-refractivity contribution in [1.29, 1.82) is 0 Å². The summed E-state index contributed by atoms with van der Waals surface area (Å²) in [6, 6.07) is 22.3. The molecule has 0 unspecified atom stereocenters. The van der Waals surface area contributed by atoms with E-state index in [9.17, 15) is 0 Å². The summed E-state index contributed by atoms with van der Waals surface area (Å²) in [4.78, 5) is 0. The first kappa shape index (κ1) is 18.1. The maximum Gasteiger partial charge on any atom is 0.214 e. The molecule has 3 aromatic carbocycles. The van der Waals surface area contributed by atoms with E-state index < -0.39 is 0 Å². The average molecular weight is 405 g/mol. The quantitative estimate of drug-likeness (QED) is 0.545. The third-order valence-electron chi connectivity index (χ3n) is 5.52. The Bertz CT molecular complexity index is 1090. The van der Waals surface area contributed by atoms with Crippen LogP contribution in [0.1, 0.15) is 40.9 Å². The van der Waals surface area contributed by atoms with Crippen LogP contribution in [0.15, 0.2) is 71.8 Å². The fraction of sp³-hybridized carbons (Fsp3) is 0.208. The lowest BCUT2D eigenvalue weighted by Crippen LogP contribution is -2.33. The molecule has 2 heterocycles. The van der Waals surface area contributed by atoms with Crippen LogP contribution in [0.2, 0.25) is 5.02 Å². The Morgan fingerprint density at radius 2 is 1.90 bits per heavy atom. The van der Waals surface area contributed by atoms with Gasteiger partial charge in [0.15, 0.2) is 0 Å². The number of benzene rings is 3. The molecular formula is C24H21ClN2O2. The van der Waals surface area contributed by atoms with Crippen molar-refractivity contribution in [3.05, 3.63) is 94.0 Å². The fourth-order valence-electron chi connectivity index (χ4n) is 3.99. The van der Waals surface area contributed by atoms with Crippen LogP contribution in [0, 0.1) is 6.92 Å². The summed E-state index contributed by atoms with van der Waals surface area (Å²) in [5, 5.41) is 7.76. The highest BCUT2D eigenvalue weighted by molar-refractivity contribution is 6.30. The molecule has 2 aliphatic rings. The van der Waals surface area contributed by atoms with Gasteiger partial charge < -0.3 is 9.47 Å². The first-order valence-corrected chi connectivity index (χ1v) is 10.0. The van der Waals surface area contributed by atoms with Crippen LogP contribution < -0.4 is 9.47 Å². The first-order chi connectivity index (χ1) is 14.1. The number of aryl methyl sites for hydroxylation is 1. The lowest BCUT2D eigenvalue weighted by molar-refractivity contribution is -0.0191. The van der Waals surface area contributed by atoms with E-state index in [0.717, 1.165) is 40.3 Å². The van der Waals surface area contributed by atoms with Crippen LogP contribution in [0.25, 0.3) is 0 Å². The molecule has 5 rings (SSSR count). The van der Waals surface area contributed by atoms with E-state index in [0.29, 0.717) is 5.02 Å². The van der Waals surface area contributed by atoms with Gasteiger partial charge in [0.25, 0.3) is 0 Å². The van der Waals surface area contributed by atoms with Crippen molar-refractivity contribution in [3.63, 3.8) is 0 Å². The second-order valence-corrected chi connectivity index (χ2v) is 7.88. The molecule has 0 saturated heterocycles. The van der Waals surface area contributed by atoms with Crippen LogP contribution in [0.3, 0.4) is 0 Å². The Hall–Kier alpha value is -2.98. The Balaban J connectivity index is 1.60. The van der Waals surface area contributed by atoms with E-state index in [1.54, 1.807) is 7.11 Å². The number of nitrogens with zero attached hydrogens (tertiary/aromatic N) is 2. The highest BCUT2D eigenvalue weighted by Gasteiger charge is 2.41. The van der Waals surface area contributed by atoms with Crippen LogP contribution in [0.4, 0.5) is 0 Å². The maximum atomic E-state index is 6.39. The molecule has 0 aromatic heterocycles. The molecule has 146 valence electrons. The number of rotatable bonds is 3. The van der Waals surface area contributed by atoms with E-state index in [1.807, 2.05) is 42.5 Å². The molecule has 29 heavy (non-hydrogen) atoms. The summed E-state index contributed by atoms with van der Waals surface area (Å²) in [5.74, 6) is 1.65. The molecule has 0 radical (unpaired) electrons. The SMILES string of the molecule is COc1cccc([C@H]2Oc3ccc(Cl)cc3[C@H]3CC(c4ccc(C)cc4)=NN32)c1. The Morgan fingerprint density at radius 1 is 1.07 bits per heavy atom. The number of ether oxygens (including phenoxy) is 2. The second kappa shape index (κ2) is 7.12. The van der Waals surface area contributed by atoms with Gasteiger partial charge in [0.1, 0.15) is 11.5 Å². The van der Waals surface area contributed by atoms with E-state index in [2.05, 4.69) is 36.2 Å². The first-order valence-electron chi connectivity index (χ1n) is 9.65. The van der Waals surface area contributed by atoms with Crippen molar-refractivity contribution >= 4 is 17.3 Å². The molecule has 5 heteroatoms. The van der Waals surface area contributed by atoms with Gasteiger partial charge in [-0.15, -0.1) is 0 Å². The summed E-state index contributed by atoms with van der Waals surface area (Å²) in [7, 11) is 1.67. The van der Waals surface area contributed by atoms with Gasteiger partial charge in [-0.3, -0.25) is 0 Å². The molecule has 0 amide bonds. The Kier molecular flexibility index (Phi) is 4.44. The summed E-state index contributed by atoms with van der Waals surface area (Å²) < 4.78 is 11.8. The van der Waals surface area contributed by atoms with Gasteiger partial charge in [0.05, 0.1) is 18.9 Å². The fourth-order valence-corrected chi connectivity index (χ4v) is 4.17. The minimum Gasteiger partial charge on any atom is -0.497 e. The summed E-state index contributed by atoms with van der Waals surface area (Å²) in [6.45, 7) is 2.09. The lowest BCUT2D eigenvalue weighted by atomic mass is 9.95. The Labute approximate surface area is 175 Å². The largest absolute Gasteiger partial charge is 0.497 e. The number of hydrazone groups is 1. The molecule has 4 nitrogen and oxygen atoms in total. The van der Waals surface area contributed by atoms with Crippen molar-refractivity contribution in [2.24, 2.45) is 5.10 Å². The number of hydrogen-bond acceptors (Lipinski definition) is 4. The number of methoxy groups -OCH3 is 1. The van der Waals surface area contributed by atoms with Gasteiger partial charge in [-0.05, 0) is 42.8 Å². The van der Waals surface area contributed by atoms with Crippen LogP contribution in [-0.4, -0.2) is 17.8 Å². The summed E-state index contributed by atoms with van der Waals surface area (Å²) in [6.07, 6.45) is 0.479. The standard InChI is InChI=1S/C24H21ClN2O2/c1-15-6-8-16(9-7-15)21-14-22-20-13-18(25)10-11-23(20)29-24(27(22)26-21)17-4-3-5-19(12-17)28-2/h3-13,22,24H,14H2,1-2H3/t22-,24-/m1/s1. The molecule has 3 aromatic rings. The van der Waals surface area contributed by atoms with Crippen molar-refractivity contribution in [1.82, 2.24) is 5.01 Å². The molecule has 0 bridgehead atoms. The molecule has 2 aliphatic heterocycles. The van der Waals surface area contributed by atoms with E-state index in [-0.39, 0.29) is 12.3 Å². The van der Waals surface area contributed by atoms with Crippen LogP contribution in [0.5, 0.6) is 11.5 Å². The van der Waals surface area contributed by atoms with E-state index in [4.69, 9.17) is 26.2 Å². The Morgan fingerprint density at radius 3 is 2.69 bits per heavy atom. The van der Waals surface area contributed by atoms with Gasteiger partial charge in [-0.25, -0.2) is 5.01 Å². The maximum absolute atomic E-state index is 6.39. The van der Waals surface area contributed by atoms with Crippen LogP contribution >= 0.6 is 11.6 Å². The monoisotopic (exact) mass is 404 g/mol. The van der Waals surface area contributed by atoms with Gasteiger partial charge >= 0.3 is 0 Å². The van der Waals surface area contributed by atoms with Gasteiger partial charge in [-0.2, -0.15) is 5.10 Å². The third-order valence-corrected chi connectivity index (χ3v) is 5.75. The van der Waals surface area contributed by atoms with Gasteiger partial charge in [-0.1, -0.05) is 53.6 Å². The summed E-state index contributed by atoms with van der Waals surface area (Å²) in [5.41, 5.74) is 5.50. The third kappa shape index (κ3) is 3.23. The van der Waals surface area contributed by atoms with E-state index >= 15 is 0 Å². The molecule has 2 atom stereocenters. The zero-order valence-electron chi connectivity index (χ0n) is 16.3. The predicted octanol–water partition coefficient (Wildman–Crippen LogP) is 5.90. The van der Waals surface area contributed by atoms with Crippen molar-refractivity contribution < 1.29 is 9.47 Å². The minimum absolute atomic E-state index is 0.0740. The van der Waals surface area contributed by atoms with Crippen LogP contribution in [-0.2, 0) is 0 Å². The molecule has 0 saturated carbocycles. The zero-order chi connectivity index (χ0) is 20.0. The highest BCUT2D eigenvalue weighted by atomic mass is 35.5. The summed E-state index contributed by atoms with van der Waals surface area (Å²) >= 11 is 6.30. The highest BCUT2D eigenvalue weighted by Crippen LogP contribution is 2.48. The van der Waals surface area contributed by atoms with E-state index in [1.165, 1.54) is 5.56 Å². The number of hydrogen-bond donors (Lipinski definition) is 0. The molecule has 0 fully saturated rings. The molecule has 0 spiro atoms. The zero-order valence-corrected chi connectivity index (χ0v) is 17.1. The lowest BCUT2D eigenvalue weighted by Gasteiger charge is -2.38. The van der Waals surface area contributed by atoms with Gasteiger partial charge in [0.2, 0.25) is 6.23 Å². The normalized spacial score (nSPS) is 19.8. The number of halogens is 1. The molecule has 0 N–H and O–H groups in total.